The Bertz CT molecular complexity index is 986. The van der Waals surface area contributed by atoms with Crippen molar-refractivity contribution in [3.63, 3.8) is 0 Å². The van der Waals surface area contributed by atoms with Gasteiger partial charge in [0.15, 0.2) is 0 Å². The van der Waals surface area contributed by atoms with E-state index in [4.69, 9.17) is 0 Å². The maximum absolute atomic E-state index is 4.66. The first-order chi connectivity index (χ1) is 15.8. The number of piperidine rings is 1. The Balaban J connectivity index is 1.12. The van der Waals surface area contributed by atoms with E-state index in [9.17, 15) is 0 Å². The third-order valence-corrected chi connectivity index (χ3v) is 7.92. The Hall–Kier alpha value is -2.07. The number of nitrogens with one attached hydrogen (secondary N) is 1. The van der Waals surface area contributed by atoms with Crippen molar-refractivity contribution >= 4 is 10.9 Å². The summed E-state index contributed by atoms with van der Waals surface area (Å²) in [5.41, 5.74) is 5.72. The molecule has 0 atom stereocenters. The van der Waals surface area contributed by atoms with Crippen LogP contribution in [0.1, 0.15) is 80.9 Å². The van der Waals surface area contributed by atoms with E-state index >= 15 is 0 Å². The average molecular weight is 433 g/mol. The van der Waals surface area contributed by atoms with Gasteiger partial charge in [-0.2, -0.15) is 5.10 Å². The third kappa shape index (κ3) is 5.11. The van der Waals surface area contributed by atoms with Gasteiger partial charge in [-0.25, -0.2) is 0 Å². The minimum absolute atomic E-state index is 0.690. The Morgan fingerprint density at radius 2 is 1.84 bits per heavy atom. The molecule has 1 saturated carbocycles. The predicted octanol–water partition coefficient (Wildman–Crippen LogP) is 6.32. The normalized spacial score (nSPS) is 19.2. The van der Waals surface area contributed by atoms with Crippen LogP contribution in [0.5, 0.6) is 0 Å². The first-order valence-electron chi connectivity index (χ1n) is 13.1. The van der Waals surface area contributed by atoms with Crippen LogP contribution in [0.2, 0.25) is 0 Å². The van der Waals surface area contributed by atoms with E-state index in [0.29, 0.717) is 5.92 Å². The van der Waals surface area contributed by atoms with Crippen LogP contribution in [0.15, 0.2) is 36.8 Å². The summed E-state index contributed by atoms with van der Waals surface area (Å²) >= 11 is 0. The number of hydrogen-bond acceptors (Lipinski definition) is 2. The number of hydrogen-bond donors (Lipinski definition) is 1. The first-order valence-corrected chi connectivity index (χ1v) is 13.1. The summed E-state index contributed by atoms with van der Waals surface area (Å²) in [6.45, 7) is 6.97. The minimum atomic E-state index is 0.690. The van der Waals surface area contributed by atoms with E-state index in [-0.39, 0.29) is 0 Å². The van der Waals surface area contributed by atoms with Crippen LogP contribution in [0, 0.1) is 5.92 Å². The molecule has 1 aliphatic heterocycles. The maximum atomic E-state index is 4.66. The number of H-pyrrole nitrogens is 1. The summed E-state index contributed by atoms with van der Waals surface area (Å²) in [7, 11) is 0. The zero-order valence-corrected chi connectivity index (χ0v) is 19.9. The van der Waals surface area contributed by atoms with E-state index in [1.165, 1.54) is 92.9 Å². The van der Waals surface area contributed by atoms with Crippen molar-refractivity contribution < 1.29 is 0 Å². The van der Waals surface area contributed by atoms with E-state index in [2.05, 4.69) is 63.4 Å². The van der Waals surface area contributed by atoms with Crippen LogP contribution in [-0.4, -0.2) is 39.3 Å². The van der Waals surface area contributed by atoms with Gasteiger partial charge in [0.25, 0.3) is 0 Å². The van der Waals surface area contributed by atoms with E-state index in [1.807, 2.05) is 0 Å². The quantitative estimate of drug-likeness (QED) is 0.452. The summed E-state index contributed by atoms with van der Waals surface area (Å²) in [5, 5.41) is 6.12. The third-order valence-electron chi connectivity index (χ3n) is 7.92. The van der Waals surface area contributed by atoms with Gasteiger partial charge in [-0.1, -0.05) is 38.7 Å². The molecule has 2 fully saturated rings. The van der Waals surface area contributed by atoms with E-state index in [0.717, 1.165) is 25.4 Å². The molecule has 1 N–H and O–H groups in total. The zero-order chi connectivity index (χ0) is 21.8. The molecule has 3 aromatic rings. The largest absolute Gasteiger partial charge is 0.361 e. The molecule has 0 spiro atoms. The van der Waals surface area contributed by atoms with Gasteiger partial charge in [0.2, 0.25) is 0 Å². The van der Waals surface area contributed by atoms with Crippen molar-refractivity contribution in [1.29, 1.82) is 0 Å². The lowest BCUT2D eigenvalue weighted by Crippen LogP contribution is -2.34. The molecule has 1 saturated heterocycles. The molecule has 0 radical (unpaired) electrons. The molecule has 32 heavy (non-hydrogen) atoms. The average Bonchev–Trinajstić information content (AvgIpc) is 3.46. The maximum Gasteiger partial charge on any atom is 0.0522 e. The Morgan fingerprint density at radius 1 is 1.00 bits per heavy atom. The fourth-order valence-electron chi connectivity index (χ4n) is 6.00. The van der Waals surface area contributed by atoms with Gasteiger partial charge in [-0.05, 0) is 92.3 Å². The van der Waals surface area contributed by atoms with Gasteiger partial charge in [-0.3, -0.25) is 4.68 Å². The number of fused-ring (bicyclic) bond motifs is 1. The summed E-state index contributed by atoms with van der Waals surface area (Å²) in [6.07, 6.45) is 19.8. The molecule has 1 aliphatic carbocycles. The molecular weight excluding hydrogens is 392 g/mol. The fourth-order valence-corrected chi connectivity index (χ4v) is 6.00. The predicted molar refractivity (Wildman–Crippen MR) is 133 cm³/mol. The monoisotopic (exact) mass is 432 g/mol. The van der Waals surface area contributed by atoms with Gasteiger partial charge in [0.1, 0.15) is 0 Å². The molecule has 172 valence electrons. The van der Waals surface area contributed by atoms with Crippen molar-refractivity contribution in [3.8, 4) is 0 Å². The van der Waals surface area contributed by atoms with Gasteiger partial charge in [0, 0.05) is 36.4 Å². The highest BCUT2D eigenvalue weighted by Crippen LogP contribution is 2.34. The highest BCUT2D eigenvalue weighted by Gasteiger charge is 2.23. The number of aromatic nitrogens is 3. The molecule has 4 heteroatoms. The summed E-state index contributed by atoms with van der Waals surface area (Å²) < 4.78 is 2.21. The van der Waals surface area contributed by atoms with E-state index in [1.54, 1.807) is 5.56 Å². The summed E-state index contributed by atoms with van der Waals surface area (Å²) in [5.74, 6) is 1.54. The summed E-state index contributed by atoms with van der Waals surface area (Å²) in [6, 6.07) is 6.99. The minimum Gasteiger partial charge on any atom is -0.361 e. The van der Waals surface area contributed by atoms with Crippen LogP contribution in [0.25, 0.3) is 10.9 Å². The van der Waals surface area contributed by atoms with Crippen molar-refractivity contribution in [2.75, 3.05) is 19.6 Å². The molecular formula is C28H40N4. The molecule has 2 aliphatic rings. The van der Waals surface area contributed by atoms with Crippen LogP contribution < -0.4 is 0 Å². The van der Waals surface area contributed by atoms with Gasteiger partial charge in [-0.15, -0.1) is 0 Å². The SMILES string of the molecule is CCCc1ccc2[nH]cc(C3CCN(CCc4cnn(CC5CCCCC5)c4)CC3)c2c1. The van der Waals surface area contributed by atoms with Crippen LogP contribution in [-0.2, 0) is 19.4 Å². The molecule has 2 aromatic heterocycles. The lowest BCUT2D eigenvalue weighted by atomic mass is 9.88. The van der Waals surface area contributed by atoms with E-state index < -0.39 is 0 Å². The lowest BCUT2D eigenvalue weighted by molar-refractivity contribution is 0.215. The van der Waals surface area contributed by atoms with Gasteiger partial charge in [0.05, 0.1) is 6.20 Å². The number of rotatable bonds is 8. The first kappa shape index (κ1) is 21.8. The Kier molecular flexibility index (Phi) is 6.97. The Morgan fingerprint density at radius 3 is 2.66 bits per heavy atom. The summed E-state index contributed by atoms with van der Waals surface area (Å²) in [4.78, 5) is 6.18. The molecule has 0 amide bonds. The van der Waals surface area contributed by atoms with Crippen LogP contribution in [0.3, 0.4) is 0 Å². The van der Waals surface area contributed by atoms with Crippen molar-refractivity contribution in [3.05, 3.63) is 53.5 Å². The molecule has 0 bridgehead atoms. The van der Waals surface area contributed by atoms with Crippen molar-refractivity contribution in [2.24, 2.45) is 5.92 Å². The molecule has 0 unspecified atom stereocenters. The second-order valence-electron chi connectivity index (χ2n) is 10.3. The highest BCUT2D eigenvalue weighted by molar-refractivity contribution is 5.84. The van der Waals surface area contributed by atoms with Crippen LogP contribution >= 0.6 is 0 Å². The number of aryl methyl sites for hydroxylation is 1. The Labute approximate surface area is 193 Å². The number of aromatic amines is 1. The van der Waals surface area contributed by atoms with Crippen LogP contribution in [0.4, 0.5) is 0 Å². The number of benzene rings is 1. The zero-order valence-electron chi connectivity index (χ0n) is 19.9. The molecule has 1 aromatic carbocycles. The standard InChI is InChI=1S/C28H40N4/c1-2-6-22-9-10-28-26(17-22)27(19-29-28)25-12-15-31(16-13-25)14-11-24-18-30-32(21-24)20-23-7-4-3-5-8-23/h9-10,17-19,21,23,25,29H,2-8,11-16,20H2,1H3. The molecule has 3 heterocycles. The molecule has 5 rings (SSSR count). The number of nitrogens with zero attached hydrogens (tertiary/aromatic N) is 3. The topological polar surface area (TPSA) is 36.9 Å². The smallest absolute Gasteiger partial charge is 0.0522 e. The number of likely N-dealkylation sites (tertiary alicyclic amines) is 1. The van der Waals surface area contributed by atoms with Crippen molar-refractivity contribution in [2.45, 2.75) is 83.6 Å². The second kappa shape index (κ2) is 10.2. The van der Waals surface area contributed by atoms with Crippen molar-refractivity contribution in [1.82, 2.24) is 19.7 Å². The van der Waals surface area contributed by atoms with Gasteiger partial charge >= 0.3 is 0 Å². The highest BCUT2D eigenvalue weighted by atomic mass is 15.3. The van der Waals surface area contributed by atoms with Gasteiger partial charge < -0.3 is 9.88 Å². The fraction of sp³-hybridized carbons (Fsp3) is 0.607. The lowest BCUT2D eigenvalue weighted by Gasteiger charge is -2.31. The molecule has 4 nitrogen and oxygen atoms in total. The second-order valence-corrected chi connectivity index (χ2v) is 10.3.